The fraction of sp³-hybridized carbons (Fsp3) is 0.565. The van der Waals surface area contributed by atoms with E-state index in [1.54, 1.807) is 0 Å². The first-order chi connectivity index (χ1) is 12.5. The third-order valence-corrected chi connectivity index (χ3v) is 6.16. The van der Waals surface area contributed by atoms with Crippen molar-refractivity contribution in [3.05, 3.63) is 41.4 Å². The van der Waals surface area contributed by atoms with E-state index in [4.69, 9.17) is 9.31 Å². The molecular formula is C23H35BO2Si. The summed E-state index contributed by atoms with van der Waals surface area (Å²) in [6, 6.07) is 10.5. The van der Waals surface area contributed by atoms with Crippen LogP contribution in [-0.2, 0) is 9.31 Å². The predicted molar refractivity (Wildman–Crippen MR) is 120 cm³/mol. The van der Waals surface area contributed by atoms with Crippen molar-refractivity contribution in [1.82, 2.24) is 0 Å². The van der Waals surface area contributed by atoms with Crippen LogP contribution in [0.15, 0.2) is 35.8 Å². The highest BCUT2D eigenvalue weighted by molar-refractivity contribution is 6.84. The van der Waals surface area contributed by atoms with E-state index in [0.29, 0.717) is 0 Å². The van der Waals surface area contributed by atoms with Gasteiger partial charge in [-0.1, -0.05) is 75.7 Å². The van der Waals surface area contributed by atoms with Gasteiger partial charge in [-0.2, -0.15) is 0 Å². The van der Waals surface area contributed by atoms with E-state index in [9.17, 15) is 0 Å². The van der Waals surface area contributed by atoms with Gasteiger partial charge < -0.3 is 9.31 Å². The van der Waals surface area contributed by atoms with Gasteiger partial charge in [0.1, 0.15) is 8.07 Å². The lowest BCUT2D eigenvalue weighted by molar-refractivity contribution is 0.00578. The van der Waals surface area contributed by atoms with Crippen molar-refractivity contribution < 1.29 is 9.31 Å². The van der Waals surface area contributed by atoms with Crippen LogP contribution in [0.3, 0.4) is 0 Å². The molecule has 1 saturated heterocycles. The second kappa shape index (κ2) is 8.39. The number of rotatable bonds is 5. The Labute approximate surface area is 167 Å². The van der Waals surface area contributed by atoms with Crippen molar-refractivity contribution in [2.75, 3.05) is 0 Å². The summed E-state index contributed by atoms with van der Waals surface area (Å²) in [6.07, 6.45) is 3.18. The Morgan fingerprint density at radius 2 is 1.56 bits per heavy atom. The van der Waals surface area contributed by atoms with Crippen molar-refractivity contribution >= 4 is 20.8 Å². The van der Waals surface area contributed by atoms with Gasteiger partial charge in [0.2, 0.25) is 0 Å². The summed E-state index contributed by atoms with van der Waals surface area (Å²) < 4.78 is 12.8. The average Bonchev–Trinajstić information content (AvgIpc) is 2.78. The molecule has 0 spiro atoms. The summed E-state index contributed by atoms with van der Waals surface area (Å²) in [5.41, 5.74) is 6.31. The first-order valence-corrected chi connectivity index (χ1v) is 13.6. The van der Waals surface area contributed by atoms with Crippen molar-refractivity contribution in [1.29, 1.82) is 0 Å². The summed E-state index contributed by atoms with van der Waals surface area (Å²) in [5.74, 6) is 3.55. The first kappa shape index (κ1) is 22.0. The number of hydrogen-bond acceptors (Lipinski definition) is 2. The fourth-order valence-electron chi connectivity index (χ4n) is 2.91. The predicted octanol–water partition coefficient (Wildman–Crippen LogP) is 6.14. The Kier molecular flexibility index (Phi) is 6.84. The summed E-state index contributed by atoms with van der Waals surface area (Å²) in [5, 5.41) is 0. The van der Waals surface area contributed by atoms with Crippen LogP contribution in [0.1, 0.15) is 59.4 Å². The van der Waals surface area contributed by atoms with Gasteiger partial charge in [0.15, 0.2) is 0 Å². The molecule has 1 aromatic carbocycles. The normalized spacial score (nSPS) is 19.3. The van der Waals surface area contributed by atoms with Gasteiger partial charge >= 0.3 is 7.12 Å². The van der Waals surface area contributed by atoms with Crippen LogP contribution in [-0.4, -0.2) is 26.4 Å². The molecule has 2 rings (SSSR count). The summed E-state index contributed by atoms with van der Waals surface area (Å²) >= 11 is 0. The minimum absolute atomic E-state index is 0.340. The minimum Gasteiger partial charge on any atom is -0.400 e. The van der Waals surface area contributed by atoms with Crippen molar-refractivity contribution in [3.8, 4) is 11.5 Å². The van der Waals surface area contributed by atoms with Crippen LogP contribution in [0.4, 0.5) is 0 Å². The molecule has 0 N–H and O–H groups in total. The maximum atomic E-state index is 6.42. The molecule has 0 aromatic heterocycles. The van der Waals surface area contributed by atoms with Gasteiger partial charge in [-0.3, -0.25) is 0 Å². The van der Waals surface area contributed by atoms with Crippen molar-refractivity contribution in [2.45, 2.75) is 84.7 Å². The molecular weight excluding hydrogens is 347 g/mol. The summed E-state index contributed by atoms with van der Waals surface area (Å²) in [6.45, 7) is 17.5. The molecule has 0 aliphatic carbocycles. The van der Waals surface area contributed by atoms with Crippen LogP contribution in [0.25, 0.3) is 5.57 Å². The quantitative estimate of drug-likeness (QED) is 0.450. The number of allylic oxidation sites excluding steroid dienone is 2. The molecule has 0 unspecified atom stereocenters. The van der Waals surface area contributed by atoms with Gasteiger partial charge in [0.05, 0.1) is 11.2 Å². The Hall–Kier alpha value is -1.28. The second-order valence-corrected chi connectivity index (χ2v) is 14.2. The maximum absolute atomic E-state index is 6.42. The van der Waals surface area contributed by atoms with E-state index < -0.39 is 8.07 Å². The van der Waals surface area contributed by atoms with Gasteiger partial charge in [-0.05, 0) is 45.2 Å². The maximum Gasteiger partial charge on any atom is 0.491 e. The lowest BCUT2D eigenvalue weighted by Crippen LogP contribution is -2.41. The summed E-state index contributed by atoms with van der Waals surface area (Å²) in [4.78, 5) is 0. The zero-order valence-electron chi connectivity index (χ0n) is 18.4. The molecule has 0 radical (unpaired) electrons. The van der Waals surface area contributed by atoms with Gasteiger partial charge in [-0.25, -0.2) is 0 Å². The topological polar surface area (TPSA) is 18.5 Å². The largest absolute Gasteiger partial charge is 0.491 e. The van der Waals surface area contributed by atoms with E-state index in [-0.39, 0.29) is 18.3 Å². The van der Waals surface area contributed by atoms with Crippen molar-refractivity contribution in [2.24, 2.45) is 0 Å². The Morgan fingerprint density at radius 1 is 1.00 bits per heavy atom. The molecule has 27 heavy (non-hydrogen) atoms. The molecule has 1 aromatic rings. The lowest BCUT2D eigenvalue weighted by Gasteiger charge is -2.32. The van der Waals surface area contributed by atoms with Crippen LogP contribution in [0.5, 0.6) is 0 Å². The molecule has 0 amide bonds. The molecule has 1 aliphatic heterocycles. The Bertz CT molecular complexity index is 717. The standard InChI is InChI=1S/C23H35BO2Si/c1-9-10-16-21(24-25-22(2,3)23(4,5)26-24)20(17-18-27(6,7)8)19-14-12-11-13-15-19/h11-15H,9-10,16H2,1-8H3/b21-20-. The number of benzene rings is 1. The van der Waals surface area contributed by atoms with E-state index in [1.807, 2.05) is 6.07 Å². The highest BCUT2D eigenvalue weighted by atomic mass is 28.3. The third kappa shape index (κ3) is 5.60. The average molecular weight is 382 g/mol. The van der Waals surface area contributed by atoms with Crippen molar-refractivity contribution in [3.63, 3.8) is 0 Å². The highest BCUT2D eigenvalue weighted by Gasteiger charge is 2.52. The monoisotopic (exact) mass is 382 g/mol. The van der Waals surface area contributed by atoms with Gasteiger partial charge in [0.25, 0.3) is 0 Å². The smallest absolute Gasteiger partial charge is 0.400 e. The minimum atomic E-state index is -1.50. The first-order valence-electron chi connectivity index (χ1n) is 10.1. The van der Waals surface area contributed by atoms with E-state index in [1.165, 1.54) is 5.47 Å². The Morgan fingerprint density at radius 3 is 2.04 bits per heavy atom. The molecule has 0 atom stereocenters. The molecule has 1 heterocycles. The molecule has 1 aliphatic rings. The molecule has 4 heteroatoms. The zero-order chi connectivity index (χ0) is 20.3. The molecule has 0 saturated carbocycles. The summed E-state index contributed by atoms with van der Waals surface area (Å²) in [7, 11) is -1.84. The van der Waals surface area contributed by atoms with Crippen LogP contribution >= 0.6 is 0 Å². The lowest BCUT2D eigenvalue weighted by atomic mass is 9.71. The Balaban J connectivity index is 2.60. The van der Waals surface area contributed by atoms with Crippen LogP contribution in [0.2, 0.25) is 19.6 Å². The van der Waals surface area contributed by atoms with Gasteiger partial charge in [0, 0.05) is 5.57 Å². The number of hydrogen-bond donors (Lipinski definition) is 0. The highest BCUT2D eigenvalue weighted by Crippen LogP contribution is 2.41. The van der Waals surface area contributed by atoms with Crippen LogP contribution in [0, 0.1) is 11.5 Å². The number of unbranched alkanes of at least 4 members (excludes halogenated alkanes) is 1. The third-order valence-electron chi connectivity index (χ3n) is 5.28. The SMILES string of the molecule is CCCC/C(B1OC(C)(C)C(C)(C)O1)=C(\C#C[Si](C)(C)C)c1ccccc1. The zero-order valence-corrected chi connectivity index (χ0v) is 19.4. The van der Waals surface area contributed by atoms with Crippen LogP contribution < -0.4 is 0 Å². The second-order valence-electron chi connectivity index (χ2n) is 9.46. The van der Waals surface area contributed by atoms with E-state index in [2.05, 4.69) is 90.0 Å². The molecule has 2 nitrogen and oxygen atoms in total. The molecule has 0 bridgehead atoms. The molecule has 1 fully saturated rings. The fourth-order valence-corrected chi connectivity index (χ4v) is 3.41. The van der Waals surface area contributed by atoms with E-state index >= 15 is 0 Å². The van der Waals surface area contributed by atoms with E-state index in [0.717, 1.165) is 30.4 Å². The molecule has 146 valence electrons. The van der Waals surface area contributed by atoms with Gasteiger partial charge in [-0.15, -0.1) is 5.54 Å².